The first-order valence-corrected chi connectivity index (χ1v) is 7.60. The van der Waals surface area contributed by atoms with Gasteiger partial charge in [0.1, 0.15) is 0 Å². The Morgan fingerprint density at radius 1 is 1.29 bits per heavy atom. The number of imidazole rings is 1. The second-order valence-corrected chi connectivity index (χ2v) is 7.01. The fourth-order valence-corrected chi connectivity index (χ4v) is 2.60. The van der Waals surface area contributed by atoms with Crippen molar-refractivity contribution in [3.05, 3.63) is 41.7 Å². The van der Waals surface area contributed by atoms with E-state index in [4.69, 9.17) is 0 Å². The summed E-state index contributed by atoms with van der Waals surface area (Å²) < 4.78 is 4.39. The topological polar surface area (TPSA) is 34.8 Å². The van der Waals surface area contributed by atoms with Gasteiger partial charge in [-0.15, -0.1) is 0 Å². The summed E-state index contributed by atoms with van der Waals surface area (Å²) >= 11 is 0. The van der Waals surface area contributed by atoms with E-state index in [2.05, 4.69) is 67.2 Å². The van der Waals surface area contributed by atoms with Crippen molar-refractivity contribution in [3.8, 4) is 0 Å². The normalized spacial score (nSPS) is 13.6. The zero-order valence-electron chi connectivity index (χ0n) is 14.1. The third-order valence-corrected chi connectivity index (χ3v) is 4.42. The van der Waals surface area contributed by atoms with Gasteiger partial charge in [0.05, 0.1) is 6.33 Å². The number of hydrogen-bond acceptors (Lipinski definition) is 2. The third-order valence-electron chi connectivity index (χ3n) is 4.42. The third kappa shape index (κ3) is 3.76. The quantitative estimate of drug-likeness (QED) is 0.917. The molecule has 2 rings (SSSR count). The number of rotatable bonds is 5. The highest BCUT2D eigenvalue weighted by Gasteiger charge is 2.24. The van der Waals surface area contributed by atoms with Gasteiger partial charge in [0.2, 0.25) is 0 Å². The molecule has 2 aromatic heterocycles. The summed E-state index contributed by atoms with van der Waals surface area (Å²) in [5, 5.41) is 3.73. The smallest absolute Gasteiger partial charge is 0.0946 e. The average Bonchev–Trinajstić information content (AvgIpc) is 2.98. The maximum Gasteiger partial charge on any atom is 0.0946 e. The molecule has 0 bridgehead atoms. The molecule has 4 heteroatoms. The Hall–Kier alpha value is -1.55. The van der Waals surface area contributed by atoms with E-state index >= 15 is 0 Å². The summed E-state index contributed by atoms with van der Waals surface area (Å²) in [7, 11) is 2.13. The second kappa shape index (κ2) is 6.06. The van der Waals surface area contributed by atoms with Crippen molar-refractivity contribution in [2.45, 2.75) is 53.8 Å². The van der Waals surface area contributed by atoms with Gasteiger partial charge in [-0.3, -0.25) is 0 Å². The lowest BCUT2D eigenvalue weighted by molar-refractivity contribution is 0.240. The van der Waals surface area contributed by atoms with Crippen LogP contribution in [0.4, 0.5) is 0 Å². The first-order valence-electron chi connectivity index (χ1n) is 7.60. The molecule has 2 aromatic rings. The molecule has 0 aliphatic heterocycles. The molecular weight excluding hydrogens is 260 g/mol. The minimum absolute atomic E-state index is 0.196. The van der Waals surface area contributed by atoms with Crippen molar-refractivity contribution >= 4 is 0 Å². The van der Waals surface area contributed by atoms with Crippen LogP contribution in [-0.2, 0) is 20.1 Å². The van der Waals surface area contributed by atoms with Crippen LogP contribution < -0.4 is 5.32 Å². The van der Waals surface area contributed by atoms with Gasteiger partial charge in [-0.2, -0.15) is 0 Å². The first kappa shape index (κ1) is 15.8. The zero-order chi connectivity index (χ0) is 15.6. The van der Waals surface area contributed by atoms with Gasteiger partial charge < -0.3 is 14.5 Å². The molecule has 0 aromatic carbocycles. The van der Waals surface area contributed by atoms with Gasteiger partial charge in [0.25, 0.3) is 0 Å². The van der Waals surface area contributed by atoms with Gasteiger partial charge in [0, 0.05) is 50.0 Å². The summed E-state index contributed by atoms with van der Waals surface area (Å²) in [6.07, 6.45) is 5.75. The van der Waals surface area contributed by atoms with E-state index in [0.29, 0.717) is 6.04 Å². The summed E-state index contributed by atoms with van der Waals surface area (Å²) in [6.45, 7) is 13.0. The van der Waals surface area contributed by atoms with E-state index in [1.807, 2.05) is 18.7 Å². The standard InChI is InChI=1S/C17H28N4/c1-13-9-15(14(2)20(13)6)10-19-16(17(3,4)5)11-21-8-7-18-12-21/h7-9,12,16,19H,10-11H2,1-6H3. The van der Waals surface area contributed by atoms with Crippen LogP contribution in [-0.4, -0.2) is 20.2 Å². The van der Waals surface area contributed by atoms with E-state index in [9.17, 15) is 0 Å². The number of nitrogens with zero attached hydrogens (tertiary/aromatic N) is 3. The molecule has 0 spiro atoms. The molecule has 0 fully saturated rings. The van der Waals surface area contributed by atoms with Crippen molar-refractivity contribution in [1.29, 1.82) is 0 Å². The SMILES string of the molecule is Cc1cc(CNC(Cn2ccnc2)C(C)(C)C)c(C)n1C. The van der Waals surface area contributed by atoms with E-state index in [-0.39, 0.29) is 5.41 Å². The highest BCUT2D eigenvalue weighted by Crippen LogP contribution is 2.22. The van der Waals surface area contributed by atoms with Gasteiger partial charge in [0.15, 0.2) is 0 Å². The summed E-state index contributed by atoms with van der Waals surface area (Å²) in [5.74, 6) is 0. The summed E-state index contributed by atoms with van der Waals surface area (Å²) in [4.78, 5) is 4.14. The molecule has 0 aliphatic carbocycles. The molecule has 21 heavy (non-hydrogen) atoms. The molecular formula is C17H28N4. The fourth-order valence-electron chi connectivity index (χ4n) is 2.60. The Morgan fingerprint density at radius 3 is 2.48 bits per heavy atom. The lowest BCUT2D eigenvalue weighted by Crippen LogP contribution is -2.43. The monoisotopic (exact) mass is 288 g/mol. The van der Waals surface area contributed by atoms with Crippen molar-refractivity contribution < 1.29 is 0 Å². The summed E-state index contributed by atoms with van der Waals surface area (Å²) in [5.41, 5.74) is 4.23. The Morgan fingerprint density at radius 2 is 2.00 bits per heavy atom. The van der Waals surface area contributed by atoms with Crippen LogP contribution in [0.2, 0.25) is 0 Å². The Balaban J connectivity index is 2.07. The van der Waals surface area contributed by atoms with E-state index < -0.39 is 0 Å². The zero-order valence-corrected chi connectivity index (χ0v) is 14.1. The molecule has 1 N–H and O–H groups in total. The van der Waals surface area contributed by atoms with Crippen LogP contribution in [0.15, 0.2) is 24.8 Å². The van der Waals surface area contributed by atoms with E-state index in [1.165, 1.54) is 17.0 Å². The molecule has 116 valence electrons. The predicted octanol–water partition coefficient (Wildman–Crippen LogP) is 3.04. The van der Waals surface area contributed by atoms with Crippen molar-refractivity contribution in [2.75, 3.05) is 0 Å². The summed E-state index contributed by atoms with van der Waals surface area (Å²) in [6, 6.07) is 2.67. The van der Waals surface area contributed by atoms with Gasteiger partial charge in [-0.25, -0.2) is 4.98 Å². The van der Waals surface area contributed by atoms with Crippen LogP contribution in [0.3, 0.4) is 0 Å². The maximum absolute atomic E-state index is 4.14. The number of hydrogen-bond donors (Lipinski definition) is 1. The fraction of sp³-hybridized carbons (Fsp3) is 0.588. The largest absolute Gasteiger partial charge is 0.352 e. The van der Waals surface area contributed by atoms with Gasteiger partial charge >= 0.3 is 0 Å². The maximum atomic E-state index is 4.14. The lowest BCUT2D eigenvalue weighted by atomic mass is 9.86. The minimum atomic E-state index is 0.196. The number of aryl methyl sites for hydroxylation is 1. The minimum Gasteiger partial charge on any atom is -0.352 e. The van der Waals surface area contributed by atoms with Crippen molar-refractivity contribution in [1.82, 2.24) is 19.4 Å². The average molecular weight is 288 g/mol. The van der Waals surface area contributed by atoms with Crippen molar-refractivity contribution in [2.24, 2.45) is 12.5 Å². The van der Waals surface area contributed by atoms with E-state index in [0.717, 1.165) is 13.1 Å². The lowest BCUT2D eigenvalue weighted by Gasteiger charge is -2.32. The Labute approximate surface area is 128 Å². The van der Waals surface area contributed by atoms with Gasteiger partial charge in [-0.05, 0) is 30.9 Å². The highest BCUT2D eigenvalue weighted by molar-refractivity contribution is 5.26. The second-order valence-electron chi connectivity index (χ2n) is 7.01. The van der Waals surface area contributed by atoms with Crippen LogP contribution in [0, 0.1) is 19.3 Å². The molecule has 0 saturated carbocycles. The van der Waals surface area contributed by atoms with Crippen LogP contribution in [0.25, 0.3) is 0 Å². The molecule has 1 unspecified atom stereocenters. The van der Waals surface area contributed by atoms with Gasteiger partial charge in [-0.1, -0.05) is 20.8 Å². The van der Waals surface area contributed by atoms with Crippen LogP contribution in [0.1, 0.15) is 37.7 Å². The van der Waals surface area contributed by atoms with Crippen molar-refractivity contribution in [3.63, 3.8) is 0 Å². The molecule has 0 radical (unpaired) electrons. The molecule has 4 nitrogen and oxygen atoms in total. The molecule has 0 saturated heterocycles. The molecule has 1 atom stereocenters. The number of aromatic nitrogens is 3. The number of nitrogens with one attached hydrogen (secondary N) is 1. The predicted molar refractivity (Wildman–Crippen MR) is 87.2 cm³/mol. The van der Waals surface area contributed by atoms with Crippen LogP contribution >= 0.6 is 0 Å². The van der Waals surface area contributed by atoms with E-state index in [1.54, 1.807) is 0 Å². The Kier molecular flexibility index (Phi) is 4.57. The Bertz CT molecular complexity index is 573. The molecule has 0 amide bonds. The van der Waals surface area contributed by atoms with Crippen LogP contribution in [0.5, 0.6) is 0 Å². The highest BCUT2D eigenvalue weighted by atomic mass is 15.1. The molecule has 0 aliphatic rings. The molecule has 2 heterocycles. The first-order chi connectivity index (χ1) is 9.79.